The smallest absolute Gasteiger partial charge is 0.269 e. The molecule has 3 aliphatic heterocycles. The predicted molar refractivity (Wildman–Crippen MR) is 123 cm³/mol. The van der Waals surface area contributed by atoms with Crippen molar-refractivity contribution in [3.8, 4) is 0 Å². The zero-order valence-corrected chi connectivity index (χ0v) is 18.7. The molecule has 34 heavy (non-hydrogen) atoms. The number of rotatable bonds is 6. The maximum Gasteiger partial charge on any atom is 0.269 e. The lowest BCUT2D eigenvalue weighted by atomic mass is 9.85. The molecule has 4 atom stereocenters. The van der Waals surface area contributed by atoms with Gasteiger partial charge in [-0.2, -0.15) is 0 Å². The Kier molecular flexibility index (Phi) is 5.28. The number of non-ortho nitro benzene ring substituents is 1. The Morgan fingerprint density at radius 2 is 1.74 bits per heavy atom. The van der Waals surface area contributed by atoms with Crippen LogP contribution in [0.15, 0.2) is 54.6 Å². The molecule has 2 fully saturated rings. The van der Waals surface area contributed by atoms with E-state index in [-0.39, 0.29) is 42.0 Å². The third-order valence-electron chi connectivity index (χ3n) is 7.00. The lowest BCUT2D eigenvalue weighted by Gasteiger charge is -2.38. The molecule has 0 saturated carbocycles. The fourth-order valence-electron chi connectivity index (χ4n) is 5.48. The summed E-state index contributed by atoms with van der Waals surface area (Å²) in [6, 6.07) is 11.6. The first-order chi connectivity index (χ1) is 16.3. The minimum absolute atomic E-state index is 0.126. The van der Waals surface area contributed by atoms with Crippen LogP contribution in [0, 0.1) is 22.0 Å². The van der Waals surface area contributed by atoms with Gasteiger partial charge in [0, 0.05) is 36.1 Å². The van der Waals surface area contributed by atoms with Crippen molar-refractivity contribution >= 4 is 34.5 Å². The summed E-state index contributed by atoms with van der Waals surface area (Å²) in [4.78, 5) is 54.4. The van der Waals surface area contributed by atoms with Crippen molar-refractivity contribution in [2.45, 2.75) is 19.0 Å². The molecule has 174 valence electrons. The van der Waals surface area contributed by atoms with Crippen LogP contribution in [0.25, 0.3) is 5.57 Å². The van der Waals surface area contributed by atoms with Gasteiger partial charge in [-0.05, 0) is 30.7 Å². The number of anilines is 1. The third-order valence-corrected chi connectivity index (χ3v) is 7.00. The molecule has 9 heteroatoms. The highest BCUT2D eigenvalue weighted by Gasteiger charge is 2.64. The van der Waals surface area contributed by atoms with Gasteiger partial charge in [-0.25, -0.2) is 0 Å². The summed E-state index contributed by atoms with van der Waals surface area (Å²) in [5.41, 5.74) is 2.85. The van der Waals surface area contributed by atoms with Gasteiger partial charge in [-0.15, -0.1) is 0 Å². The van der Waals surface area contributed by atoms with E-state index in [1.54, 1.807) is 0 Å². The molecule has 2 amide bonds. The average Bonchev–Trinajstić information content (AvgIpc) is 3.30. The predicted octanol–water partition coefficient (Wildman–Crippen LogP) is 2.70. The zero-order chi connectivity index (χ0) is 24.1. The SMILES string of the molecule is COCCN1C(=O)[C@H]2[C@H](C1=O)[C@H](C(=O)c1ccc([N+](=O)[O-])cc1)N1c3ccccc3C(C)=C[C@@H]21. The second-order valence-electron chi connectivity index (χ2n) is 8.75. The molecule has 0 unspecified atom stereocenters. The highest BCUT2D eigenvalue weighted by atomic mass is 16.6. The largest absolute Gasteiger partial charge is 0.383 e. The summed E-state index contributed by atoms with van der Waals surface area (Å²) in [5.74, 6) is -2.58. The van der Waals surface area contributed by atoms with E-state index < -0.39 is 28.8 Å². The van der Waals surface area contributed by atoms with Crippen molar-refractivity contribution in [2.24, 2.45) is 11.8 Å². The first-order valence-corrected chi connectivity index (χ1v) is 11.0. The van der Waals surface area contributed by atoms with Crippen LogP contribution >= 0.6 is 0 Å². The first-order valence-electron chi connectivity index (χ1n) is 11.0. The Bertz CT molecular complexity index is 1240. The lowest BCUT2D eigenvalue weighted by Crippen LogP contribution is -2.49. The van der Waals surface area contributed by atoms with Gasteiger partial charge >= 0.3 is 0 Å². The maximum absolute atomic E-state index is 13.9. The van der Waals surface area contributed by atoms with Crippen molar-refractivity contribution in [3.05, 3.63) is 75.8 Å². The molecular weight excluding hydrogens is 438 g/mol. The zero-order valence-electron chi connectivity index (χ0n) is 18.7. The van der Waals surface area contributed by atoms with Gasteiger partial charge in [0.05, 0.1) is 36.0 Å². The topological polar surface area (TPSA) is 110 Å². The van der Waals surface area contributed by atoms with E-state index in [9.17, 15) is 24.5 Å². The molecule has 9 nitrogen and oxygen atoms in total. The summed E-state index contributed by atoms with van der Waals surface area (Å²) in [6.07, 6.45) is 1.97. The van der Waals surface area contributed by atoms with Crippen LogP contribution in [0.2, 0.25) is 0 Å². The molecule has 3 heterocycles. The molecule has 0 spiro atoms. The number of ether oxygens (including phenoxy) is 1. The number of hydrogen-bond donors (Lipinski definition) is 0. The number of amides is 2. The highest BCUT2D eigenvalue weighted by Crippen LogP contribution is 2.50. The van der Waals surface area contributed by atoms with Crippen molar-refractivity contribution < 1.29 is 24.0 Å². The second-order valence-corrected chi connectivity index (χ2v) is 8.75. The van der Waals surface area contributed by atoms with Crippen LogP contribution in [0.1, 0.15) is 22.8 Å². The second kappa shape index (κ2) is 8.18. The number of ketones is 1. The number of allylic oxidation sites excluding steroid dienone is 1. The lowest BCUT2D eigenvalue weighted by molar-refractivity contribution is -0.384. The number of benzene rings is 2. The van der Waals surface area contributed by atoms with Gasteiger partial charge < -0.3 is 9.64 Å². The molecule has 0 aromatic heterocycles. The number of carbonyl (C=O) groups excluding carboxylic acids is 3. The van der Waals surface area contributed by atoms with E-state index in [0.717, 1.165) is 16.8 Å². The number of hydrogen-bond acceptors (Lipinski definition) is 7. The summed E-state index contributed by atoms with van der Waals surface area (Å²) in [6.45, 7) is 2.30. The van der Waals surface area contributed by atoms with E-state index in [1.807, 2.05) is 42.2 Å². The molecule has 0 aliphatic carbocycles. The molecule has 3 aliphatic rings. The van der Waals surface area contributed by atoms with Crippen LogP contribution in [0.4, 0.5) is 11.4 Å². The van der Waals surface area contributed by atoms with Crippen LogP contribution in [-0.2, 0) is 14.3 Å². The molecule has 0 radical (unpaired) electrons. The van der Waals surface area contributed by atoms with Crippen LogP contribution in [-0.4, -0.2) is 59.8 Å². The number of methoxy groups -OCH3 is 1. The van der Waals surface area contributed by atoms with Gasteiger partial charge in [-0.1, -0.05) is 24.3 Å². The Labute approximate surface area is 195 Å². The number of imide groups is 1. The highest BCUT2D eigenvalue weighted by molar-refractivity contribution is 6.14. The molecule has 5 rings (SSSR count). The molecular formula is C25H23N3O6. The van der Waals surface area contributed by atoms with Gasteiger partial charge in [0.15, 0.2) is 5.78 Å². The van der Waals surface area contributed by atoms with Crippen molar-refractivity contribution in [3.63, 3.8) is 0 Å². The minimum Gasteiger partial charge on any atom is -0.383 e. The maximum atomic E-state index is 13.9. The Morgan fingerprint density at radius 3 is 2.41 bits per heavy atom. The average molecular weight is 461 g/mol. The fraction of sp³-hybridized carbons (Fsp3) is 0.320. The van der Waals surface area contributed by atoms with Crippen molar-refractivity contribution in [2.75, 3.05) is 25.2 Å². The van der Waals surface area contributed by atoms with Gasteiger partial charge in [0.25, 0.3) is 5.69 Å². The van der Waals surface area contributed by atoms with Crippen LogP contribution in [0.5, 0.6) is 0 Å². The minimum atomic E-state index is -0.911. The number of nitro benzene ring substituents is 1. The van der Waals surface area contributed by atoms with Gasteiger partial charge in [0.2, 0.25) is 11.8 Å². The summed E-state index contributed by atoms with van der Waals surface area (Å²) >= 11 is 0. The normalized spacial score (nSPS) is 25.1. The Hall–Kier alpha value is -3.85. The number of Topliss-reactive ketones (excluding diaryl/α,β-unsaturated/α-hetero) is 1. The van der Waals surface area contributed by atoms with E-state index in [2.05, 4.69) is 0 Å². The van der Waals surface area contributed by atoms with Crippen LogP contribution < -0.4 is 4.90 Å². The Morgan fingerprint density at radius 1 is 1.06 bits per heavy atom. The Balaban J connectivity index is 1.62. The summed E-state index contributed by atoms with van der Waals surface area (Å²) < 4.78 is 5.08. The first kappa shape index (κ1) is 22.0. The number of likely N-dealkylation sites (tertiary alicyclic amines) is 1. The quantitative estimate of drug-likeness (QED) is 0.282. The van der Waals surface area contributed by atoms with E-state index in [4.69, 9.17) is 4.74 Å². The van der Waals surface area contributed by atoms with E-state index in [0.29, 0.717) is 0 Å². The van der Waals surface area contributed by atoms with Gasteiger partial charge in [-0.3, -0.25) is 29.4 Å². The molecule has 0 bridgehead atoms. The van der Waals surface area contributed by atoms with Crippen molar-refractivity contribution in [1.29, 1.82) is 0 Å². The monoisotopic (exact) mass is 461 g/mol. The molecule has 2 aromatic rings. The number of para-hydroxylation sites is 1. The number of carbonyl (C=O) groups is 3. The van der Waals surface area contributed by atoms with E-state index in [1.165, 1.54) is 36.3 Å². The number of fused-ring (bicyclic) bond motifs is 5. The fourth-order valence-corrected chi connectivity index (χ4v) is 5.48. The third kappa shape index (κ3) is 3.15. The molecule has 2 aromatic carbocycles. The number of nitro groups is 1. The van der Waals surface area contributed by atoms with Gasteiger partial charge in [0.1, 0.15) is 6.04 Å². The van der Waals surface area contributed by atoms with Crippen LogP contribution in [0.3, 0.4) is 0 Å². The standard InChI is InChI=1S/C25H23N3O6/c1-14-13-19-20-21(25(31)26(24(20)30)11-12-34-2)22(27(19)18-6-4-3-5-17(14)18)23(29)15-7-9-16(10-8-15)28(32)33/h3-10,13,19-22H,11-12H2,1-2H3/t19-,20+,21-,22+/m0/s1. The molecule has 0 N–H and O–H groups in total. The van der Waals surface area contributed by atoms with Crippen molar-refractivity contribution in [1.82, 2.24) is 4.90 Å². The summed E-state index contributed by atoms with van der Waals surface area (Å²) in [7, 11) is 1.50. The molecule has 2 saturated heterocycles. The van der Waals surface area contributed by atoms with E-state index >= 15 is 0 Å². The summed E-state index contributed by atoms with van der Waals surface area (Å²) in [5, 5.41) is 11.1. The number of nitrogens with zero attached hydrogens (tertiary/aromatic N) is 3.